The fourth-order valence-corrected chi connectivity index (χ4v) is 5.25. The summed E-state index contributed by atoms with van der Waals surface area (Å²) in [6, 6.07) is 0. The van der Waals surface area contributed by atoms with E-state index in [0.29, 0.717) is 5.41 Å². The summed E-state index contributed by atoms with van der Waals surface area (Å²) in [6.07, 6.45) is 6.90. The Labute approximate surface area is 94.1 Å². The van der Waals surface area contributed by atoms with Gasteiger partial charge in [0.25, 0.3) is 0 Å². The summed E-state index contributed by atoms with van der Waals surface area (Å²) in [7, 11) is 0. The van der Waals surface area contributed by atoms with E-state index in [1.165, 1.54) is 19.3 Å². The van der Waals surface area contributed by atoms with E-state index in [9.17, 15) is 0 Å². The first-order valence-electron chi connectivity index (χ1n) is 6.72. The number of allylic oxidation sites excluding steroid dienone is 2. The van der Waals surface area contributed by atoms with Crippen LogP contribution in [0, 0.1) is 35.0 Å². The third kappa shape index (κ3) is 1.04. The number of hydrogen-bond acceptors (Lipinski definition) is 0. The summed E-state index contributed by atoms with van der Waals surface area (Å²) in [5.74, 6) is 4.96. The zero-order chi connectivity index (χ0) is 10.8. The predicted octanol–water partition coefficient (Wildman–Crippen LogP) is 4.27. The van der Waals surface area contributed by atoms with Crippen molar-refractivity contribution in [2.24, 2.45) is 35.0 Å². The van der Waals surface area contributed by atoms with Gasteiger partial charge in [-0.25, -0.2) is 0 Å². The number of rotatable bonds is 1. The summed E-state index contributed by atoms with van der Waals surface area (Å²) < 4.78 is 0. The van der Waals surface area contributed by atoms with Gasteiger partial charge in [-0.1, -0.05) is 32.4 Å². The van der Waals surface area contributed by atoms with Crippen molar-refractivity contribution in [2.75, 3.05) is 0 Å². The average Bonchev–Trinajstić information content (AvgIpc) is 2.17. The van der Waals surface area contributed by atoms with E-state index in [1.807, 2.05) is 0 Å². The normalized spacial score (nSPS) is 52.5. The second kappa shape index (κ2) is 2.90. The maximum absolute atomic E-state index is 2.56. The molecule has 1 unspecified atom stereocenters. The van der Waals surface area contributed by atoms with Crippen molar-refractivity contribution in [3.05, 3.63) is 11.6 Å². The average molecular weight is 204 g/mol. The second-order valence-electron chi connectivity index (χ2n) is 6.80. The van der Waals surface area contributed by atoms with Gasteiger partial charge in [0, 0.05) is 0 Å². The van der Waals surface area contributed by atoms with Crippen LogP contribution in [0.15, 0.2) is 11.6 Å². The highest BCUT2D eigenvalue weighted by atomic mass is 14.7. The smallest absolute Gasteiger partial charge is 0.0115 e. The topological polar surface area (TPSA) is 0 Å². The molecule has 0 nitrogen and oxygen atoms in total. The molecule has 4 rings (SSSR count). The minimum Gasteiger partial charge on any atom is -0.0850 e. The Morgan fingerprint density at radius 3 is 2.73 bits per heavy atom. The lowest BCUT2D eigenvalue weighted by Gasteiger charge is -2.70. The maximum Gasteiger partial charge on any atom is -0.0115 e. The molecule has 0 N–H and O–H groups in total. The summed E-state index contributed by atoms with van der Waals surface area (Å²) >= 11 is 0. The fourth-order valence-electron chi connectivity index (χ4n) is 5.25. The third-order valence-electron chi connectivity index (χ3n) is 5.96. The van der Waals surface area contributed by atoms with Gasteiger partial charge in [-0.05, 0) is 61.2 Å². The summed E-state index contributed by atoms with van der Waals surface area (Å²) in [5.41, 5.74) is 2.42. The van der Waals surface area contributed by atoms with Gasteiger partial charge >= 0.3 is 0 Å². The van der Waals surface area contributed by atoms with Crippen LogP contribution in [0.25, 0.3) is 0 Å². The van der Waals surface area contributed by atoms with E-state index < -0.39 is 0 Å². The quantitative estimate of drug-likeness (QED) is 0.559. The monoisotopic (exact) mass is 204 g/mol. The van der Waals surface area contributed by atoms with Crippen molar-refractivity contribution in [1.29, 1.82) is 0 Å². The van der Waals surface area contributed by atoms with Crippen molar-refractivity contribution >= 4 is 0 Å². The van der Waals surface area contributed by atoms with Crippen molar-refractivity contribution in [2.45, 2.75) is 47.0 Å². The zero-order valence-corrected chi connectivity index (χ0v) is 10.6. The molecule has 4 bridgehead atoms. The maximum atomic E-state index is 2.56. The first-order chi connectivity index (χ1) is 7.05. The molecule has 2 saturated carbocycles. The first kappa shape index (κ1) is 9.93. The van der Waals surface area contributed by atoms with Crippen LogP contribution in [-0.4, -0.2) is 0 Å². The van der Waals surface area contributed by atoms with Crippen LogP contribution in [0.1, 0.15) is 47.0 Å². The Kier molecular flexibility index (Phi) is 1.92. The highest BCUT2D eigenvalue weighted by Crippen LogP contribution is 2.71. The molecule has 15 heavy (non-hydrogen) atoms. The van der Waals surface area contributed by atoms with Gasteiger partial charge in [0.1, 0.15) is 0 Å². The number of fused-ring (bicyclic) bond motifs is 1. The SMILES string of the molecule is CC1=CC[C@@H]2[C@@H]3C1[C@@]2(C)CC[C@H]3C(C)C. The predicted molar refractivity (Wildman–Crippen MR) is 64.5 cm³/mol. The Balaban J connectivity index is 1.95. The highest BCUT2D eigenvalue weighted by molar-refractivity contribution is 5.28. The van der Waals surface area contributed by atoms with Crippen LogP contribution in [0.2, 0.25) is 0 Å². The molecule has 0 aromatic rings. The molecule has 84 valence electrons. The first-order valence-corrected chi connectivity index (χ1v) is 6.72. The lowest BCUT2D eigenvalue weighted by atomic mass is 9.34. The largest absolute Gasteiger partial charge is 0.0850 e. The molecule has 0 aromatic heterocycles. The van der Waals surface area contributed by atoms with Crippen LogP contribution < -0.4 is 0 Å². The van der Waals surface area contributed by atoms with Crippen molar-refractivity contribution < 1.29 is 0 Å². The van der Waals surface area contributed by atoms with E-state index in [1.54, 1.807) is 5.57 Å². The fraction of sp³-hybridized carbons (Fsp3) is 0.867. The van der Waals surface area contributed by atoms with Crippen molar-refractivity contribution in [3.8, 4) is 0 Å². The standard InChI is InChI=1S/C15H24/c1-9(2)11-7-8-15(4)12-6-5-10(3)14(15)13(11)12/h5,9,11-14H,6-8H2,1-4H3/t11-,12+,13+,14?,15-/m0/s1. The van der Waals surface area contributed by atoms with Crippen molar-refractivity contribution in [1.82, 2.24) is 0 Å². The van der Waals surface area contributed by atoms with E-state index in [-0.39, 0.29) is 0 Å². The molecule has 0 radical (unpaired) electrons. The Morgan fingerprint density at radius 1 is 1.40 bits per heavy atom. The highest BCUT2D eigenvalue weighted by Gasteiger charge is 2.64. The summed E-state index contributed by atoms with van der Waals surface area (Å²) in [5, 5.41) is 0. The van der Waals surface area contributed by atoms with Crippen LogP contribution >= 0.6 is 0 Å². The van der Waals surface area contributed by atoms with Crippen LogP contribution in [0.3, 0.4) is 0 Å². The lowest BCUT2D eigenvalue weighted by Crippen LogP contribution is -2.63. The van der Waals surface area contributed by atoms with Crippen LogP contribution in [-0.2, 0) is 0 Å². The Bertz CT molecular complexity index is 312. The van der Waals surface area contributed by atoms with Crippen LogP contribution in [0.5, 0.6) is 0 Å². The second-order valence-corrected chi connectivity index (χ2v) is 6.80. The molecule has 0 saturated heterocycles. The molecule has 5 atom stereocenters. The minimum absolute atomic E-state index is 0.703. The molecule has 0 heteroatoms. The molecular formula is C15H24. The van der Waals surface area contributed by atoms with Gasteiger partial charge in [-0.3, -0.25) is 0 Å². The molecule has 2 fully saturated rings. The Hall–Kier alpha value is -0.260. The molecule has 0 spiro atoms. The Morgan fingerprint density at radius 2 is 2.13 bits per heavy atom. The molecule has 4 aliphatic rings. The molecule has 0 heterocycles. The van der Waals surface area contributed by atoms with E-state index in [4.69, 9.17) is 0 Å². The van der Waals surface area contributed by atoms with Gasteiger partial charge in [-0.15, -0.1) is 0 Å². The van der Waals surface area contributed by atoms with Crippen LogP contribution in [0.4, 0.5) is 0 Å². The molecule has 4 aliphatic carbocycles. The molecule has 0 aromatic carbocycles. The van der Waals surface area contributed by atoms with Gasteiger partial charge in [0.2, 0.25) is 0 Å². The van der Waals surface area contributed by atoms with Gasteiger partial charge in [0.05, 0.1) is 0 Å². The van der Waals surface area contributed by atoms with E-state index in [2.05, 4.69) is 33.8 Å². The van der Waals surface area contributed by atoms with E-state index >= 15 is 0 Å². The molecular weight excluding hydrogens is 180 g/mol. The summed E-state index contributed by atoms with van der Waals surface area (Å²) in [6.45, 7) is 9.81. The lowest BCUT2D eigenvalue weighted by molar-refractivity contribution is -0.181. The van der Waals surface area contributed by atoms with Gasteiger partial charge < -0.3 is 0 Å². The van der Waals surface area contributed by atoms with Gasteiger partial charge in [-0.2, -0.15) is 0 Å². The van der Waals surface area contributed by atoms with E-state index in [0.717, 1.165) is 29.6 Å². The zero-order valence-electron chi connectivity index (χ0n) is 10.6. The minimum atomic E-state index is 0.703. The number of hydrogen-bond donors (Lipinski definition) is 0. The molecule has 0 aliphatic heterocycles. The van der Waals surface area contributed by atoms with Gasteiger partial charge in [0.15, 0.2) is 0 Å². The third-order valence-corrected chi connectivity index (χ3v) is 5.96. The summed E-state index contributed by atoms with van der Waals surface area (Å²) in [4.78, 5) is 0. The van der Waals surface area contributed by atoms with Crippen molar-refractivity contribution in [3.63, 3.8) is 0 Å². The molecule has 0 amide bonds.